The lowest BCUT2D eigenvalue weighted by Crippen LogP contribution is -2.49. The Balaban J connectivity index is 1.69. The molecule has 1 aliphatic carbocycles. The number of rotatable bonds is 3. The third-order valence-corrected chi connectivity index (χ3v) is 7.95. The lowest BCUT2D eigenvalue weighted by atomic mass is 9.76. The van der Waals surface area contributed by atoms with Crippen molar-refractivity contribution >= 4 is 45.0 Å². The summed E-state index contributed by atoms with van der Waals surface area (Å²) in [5, 5.41) is 4.09. The van der Waals surface area contributed by atoms with Gasteiger partial charge < -0.3 is 10.1 Å². The van der Waals surface area contributed by atoms with Crippen molar-refractivity contribution in [1.29, 1.82) is 0 Å². The van der Waals surface area contributed by atoms with Crippen molar-refractivity contribution in [2.24, 2.45) is 0 Å². The largest absolute Gasteiger partial charge is 0.471 e. The number of benzene rings is 2. The monoisotopic (exact) mass is 594 g/mol. The molecule has 1 saturated carbocycles. The van der Waals surface area contributed by atoms with Crippen LogP contribution in [0.25, 0.3) is 22.4 Å². The van der Waals surface area contributed by atoms with Gasteiger partial charge in [0.1, 0.15) is 5.60 Å². The number of fused-ring (bicyclic) bond motifs is 1. The van der Waals surface area contributed by atoms with Crippen molar-refractivity contribution in [3.63, 3.8) is 0 Å². The molecule has 9 heteroatoms. The molecule has 2 aliphatic rings. The lowest BCUT2D eigenvalue weighted by Gasteiger charge is -2.45. The Morgan fingerprint density at radius 1 is 1.06 bits per heavy atom. The van der Waals surface area contributed by atoms with Gasteiger partial charge in [0.05, 0.1) is 16.8 Å². The fraction of sp³-hybridized carbons (Fsp3) is 0.333. The molecule has 0 saturated heterocycles. The molecule has 1 aromatic heterocycles. The maximum Gasteiger partial charge on any atom is 0.248 e. The summed E-state index contributed by atoms with van der Waals surface area (Å²) in [5.41, 5.74) is 2.82. The predicted molar refractivity (Wildman–Crippen MR) is 141 cm³/mol. The Morgan fingerprint density at radius 3 is 2.39 bits per heavy atom. The predicted octanol–water partition coefficient (Wildman–Crippen LogP) is 8.39. The van der Waals surface area contributed by atoms with Crippen molar-refractivity contribution in [1.82, 2.24) is 10.3 Å². The molecule has 2 aromatic carbocycles. The van der Waals surface area contributed by atoms with E-state index in [4.69, 9.17) is 32.9 Å². The molecule has 3 aromatic rings. The van der Waals surface area contributed by atoms with Crippen molar-refractivity contribution in [3.05, 3.63) is 68.6 Å². The Morgan fingerprint density at radius 2 is 1.75 bits per heavy atom. The zero-order valence-electron chi connectivity index (χ0n) is 19.4. The summed E-state index contributed by atoms with van der Waals surface area (Å²) < 4.78 is 35.3. The summed E-state index contributed by atoms with van der Waals surface area (Å²) in [7, 11) is 0. The van der Waals surface area contributed by atoms with E-state index in [0.717, 1.165) is 15.6 Å². The number of amides is 1. The van der Waals surface area contributed by atoms with Crippen LogP contribution in [0.3, 0.4) is 0 Å². The van der Waals surface area contributed by atoms with E-state index in [-0.39, 0.29) is 31.6 Å². The van der Waals surface area contributed by atoms with Gasteiger partial charge in [0, 0.05) is 52.4 Å². The minimum atomic E-state index is -2.71. The first-order valence-electron chi connectivity index (χ1n) is 11.6. The van der Waals surface area contributed by atoms with E-state index in [1.165, 1.54) is 6.92 Å². The second-order valence-corrected chi connectivity index (χ2v) is 11.3. The highest BCUT2D eigenvalue weighted by Crippen LogP contribution is 2.50. The molecule has 2 heterocycles. The van der Waals surface area contributed by atoms with Crippen LogP contribution in [-0.2, 0) is 4.79 Å². The number of halogens is 5. The molecule has 1 aliphatic heterocycles. The molecule has 1 atom stereocenters. The molecular formula is C27H23BrCl2F2N2O2. The van der Waals surface area contributed by atoms with Crippen molar-refractivity contribution in [3.8, 4) is 28.3 Å². The SMILES string of the molecule is CC(=O)N[C@@H]1CC2(CCC(F)(F)CC2)Oc2nc(-c3ccc(Br)cc3Cl)c(-c3ccc(Cl)cc3)cc21. The molecule has 0 unspecified atom stereocenters. The third kappa shape index (κ3) is 5.11. The molecule has 1 spiro atoms. The van der Waals surface area contributed by atoms with Gasteiger partial charge in [-0.05, 0) is 48.7 Å². The molecule has 1 amide bonds. The Kier molecular flexibility index (Phi) is 6.77. The fourth-order valence-corrected chi connectivity index (χ4v) is 5.95. The normalized spacial score (nSPS) is 19.9. The first-order valence-corrected chi connectivity index (χ1v) is 13.2. The molecule has 5 rings (SSSR count). The number of carbonyl (C=O) groups excluding carboxylic acids is 1. The van der Waals surface area contributed by atoms with Crippen LogP contribution in [0.1, 0.15) is 50.6 Å². The minimum Gasteiger partial charge on any atom is -0.471 e. The van der Waals surface area contributed by atoms with Crippen LogP contribution in [0.15, 0.2) is 53.0 Å². The second-order valence-electron chi connectivity index (χ2n) is 9.51. The molecule has 36 heavy (non-hydrogen) atoms. The number of nitrogens with zero attached hydrogens (tertiary/aromatic N) is 1. The molecule has 1 fully saturated rings. The van der Waals surface area contributed by atoms with Crippen molar-refractivity contribution in [2.75, 3.05) is 0 Å². The number of hydrogen-bond acceptors (Lipinski definition) is 3. The highest BCUT2D eigenvalue weighted by atomic mass is 79.9. The van der Waals surface area contributed by atoms with Crippen molar-refractivity contribution < 1.29 is 18.3 Å². The summed E-state index contributed by atoms with van der Waals surface area (Å²) in [5.74, 6) is -2.59. The Hall–Kier alpha value is -2.22. The van der Waals surface area contributed by atoms with E-state index in [2.05, 4.69) is 21.2 Å². The number of carbonyl (C=O) groups is 1. The topological polar surface area (TPSA) is 51.2 Å². The van der Waals surface area contributed by atoms with E-state index < -0.39 is 17.6 Å². The molecule has 0 bridgehead atoms. The van der Waals surface area contributed by atoms with Gasteiger partial charge in [0.2, 0.25) is 17.7 Å². The first-order chi connectivity index (χ1) is 17.0. The summed E-state index contributed by atoms with van der Waals surface area (Å²) in [6, 6.07) is 14.4. The lowest BCUT2D eigenvalue weighted by molar-refractivity contribution is -0.122. The van der Waals surface area contributed by atoms with Crippen LogP contribution in [-0.4, -0.2) is 22.4 Å². The zero-order chi connectivity index (χ0) is 25.7. The molecular weight excluding hydrogens is 573 g/mol. The van der Waals surface area contributed by atoms with Crippen molar-refractivity contribution in [2.45, 2.75) is 56.6 Å². The van der Waals surface area contributed by atoms with Gasteiger partial charge in [0.25, 0.3) is 0 Å². The van der Waals surface area contributed by atoms with Gasteiger partial charge in [-0.1, -0.05) is 57.3 Å². The van der Waals surface area contributed by atoms with Crippen LogP contribution in [0.5, 0.6) is 5.88 Å². The van der Waals surface area contributed by atoms with Gasteiger partial charge in [-0.3, -0.25) is 4.79 Å². The number of hydrogen-bond donors (Lipinski definition) is 1. The van der Waals surface area contributed by atoms with Gasteiger partial charge in [-0.2, -0.15) is 0 Å². The molecule has 1 N–H and O–H groups in total. The number of pyridine rings is 1. The van der Waals surface area contributed by atoms with Gasteiger partial charge in [0.15, 0.2) is 0 Å². The number of nitrogens with one attached hydrogen (secondary N) is 1. The molecule has 188 valence electrons. The van der Waals surface area contributed by atoms with E-state index in [1.54, 1.807) is 18.2 Å². The van der Waals surface area contributed by atoms with Gasteiger partial charge in [-0.15, -0.1) is 0 Å². The maximum atomic E-state index is 14.0. The Labute approximate surface area is 226 Å². The first kappa shape index (κ1) is 25.4. The quantitative estimate of drug-likeness (QED) is 0.331. The molecule has 0 radical (unpaired) electrons. The Bertz CT molecular complexity index is 1320. The number of alkyl halides is 2. The van der Waals surface area contributed by atoms with Crippen LogP contribution in [0.2, 0.25) is 10.0 Å². The summed E-state index contributed by atoms with van der Waals surface area (Å²) in [4.78, 5) is 17.0. The van der Waals surface area contributed by atoms with Crippen LogP contribution in [0.4, 0.5) is 8.78 Å². The van der Waals surface area contributed by atoms with Crippen LogP contribution >= 0.6 is 39.1 Å². The summed E-state index contributed by atoms with van der Waals surface area (Å²) >= 11 is 16.2. The average Bonchev–Trinajstić information content (AvgIpc) is 2.81. The minimum absolute atomic E-state index is 0.185. The third-order valence-electron chi connectivity index (χ3n) is 6.89. The van der Waals surface area contributed by atoms with E-state index in [0.29, 0.717) is 39.2 Å². The average molecular weight is 596 g/mol. The van der Waals surface area contributed by atoms with Crippen LogP contribution in [0, 0.1) is 0 Å². The summed E-state index contributed by atoms with van der Waals surface area (Å²) in [6.07, 6.45) is 0.248. The maximum absolute atomic E-state index is 14.0. The standard InChI is InChI=1S/C27H23BrCl2F2N2O2/c1-15(35)33-23-14-26(8-10-27(31,32)11-9-26)36-25-21(23)13-20(16-2-5-18(29)6-3-16)24(34-25)19-7-4-17(28)12-22(19)30/h2-7,12-13,23H,8-11,14H2,1H3,(H,33,35)/t23-/m1/s1. The fourth-order valence-electron chi connectivity index (χ4n) is 5.06. The van der Waals surface area contributed by atoms with Gasteiger partial charge in [-0.25, -0.2) is 13.8 Å². The van der Waals surface area contributed by atoms with E-state index in [9.17, 15) is 13.6 Å². The second kappa shape index (κ2) is 9.58. The number of aromatic nitrogens is 1. The highest BCUT2D eigenvalue weighted by Gasteiger charge is 2.49. The van der Waals surface area contributed by atoms with Gasteiger partial charge >= 0.3 is 0 Å². The van der Waals surface area contributed by atoms with E-state index >= 15 is 0 Å². The summed E-state index contributed by atoms with van der Waals surface area (Å²) in [6.45, 7) is 1.44. The molecule has 4 nitrogen and oxygen atoms in total. The zero-order valence-corrected chi connectivity index (χ0v) is 22.5. The smallest absolute Gasteiger partial charge is 0.248 e. The van der Waals surface area contributed by atoms with E-state index in [1.807, 2.05) is 30.3 Å². The van der Waals surface area contributed by atoms with Crippen LogP contribution < -0.4 is 10.1 Å². The highest BCUT2D eigenvalue weighted by molar-refractivity contribution is 9.10. The number of ether oxygens (including phenoxy) is 1.